The highest BCUT2D eigenvalue weighted by Crippen LogP contribution is 2.27. The van der Waals surface area contributed by atoms with Gasteiger partial charge in [0.25, 0.3) is 0 Å². The minimum atomic E-state index is -0.335. The Labute approximate surface area is 170 Å². The number of hydrogen-bond acceptors (Lipinski definition) is 4. The fourth-order valence-electron chi connectivity index (χ4n) is 3.36. The van der Waals surface area contributed by atoms with E-state index in [4.69, 9.17) is 0 Å². The molecular formula is C23H15F2N5. The highest BCUT2D eigenvalue weighted by Gasteiger charge is 2.17. The number of hydrogen-bond donors (Lipinski definition) is 0. The first kappa shape index (κ1) is 18.1. The molecule has 3 heterocycles. The van der Waals surface area contributed by atoms with Crippen molar-refractivity contribution < 1.29 is 8.78 Å². The van der Waals surface area contributed by atoms with Crippen molar-refractivity contribution >= 4 is 11.0 Å². The van der Waals surface area contributed by atoms with Gasteiger partial charge in [-0.2, -0.15) is 5.10 Å². The van der Waals surface area contributed by atoms with Crippen LogP contribution in [0.2, 0.25) is 0 Å². The summed E-state index contributed by atoms with van der Waals surface area (Å²) in [4.78, 5) is 13.2. The average Bonchev–Trinajstić information content (AvgIpc) is 3.14. The van der Waals surface area contributed by atoms with Gasteiger partial charge in [-0.25, -0.2) is 28.4 Å². The summed E-state index contributed by atoms with van der Waals surface area (Å²) in [7, 11) is 0. The first-order valence-electron chi connectivity index (χ1n) is 9.33. The number of fused-ring (bicyclic) bond motifs is 1. The van der Waals surface area contributed by atoms with Crippen LogP contribution in [-0.4, -0.2) is 24.7 Å². The second-order valence-corrected chi connectivity index (χ2v) is 6.75. The summed E-state index contributed by atoms with van der Waals surface area (Å²) in [5, 5.41) is 5.36. The molecule has 146 valence electrons. The van der Waals surface area contributed by atoms with Crippen LogP contribution in [0.25, 0.3) is 33.7 Å². The van der Waals surface area contributed by atoms with E-state index in [2.05, 4.69) is 20.1 Å². The minimum Gasteiger partial charge on any atom is -0.242 e. The summed E-state index contributed by atoms with van der Waals surface area (Å²) in [6, 6.07) is 16.7. The van der Waals surface area contributed by atoms with Crippen LogP contribution in [0.5, 0.6) is 0 Å². The zero-order valence-corrected chi connectivity index (χ0v) is 15.7. The lowest BCUT2D eigenvalue weighted by Gasteiger charge is -2.04. The highest BCUT2D eigenvalue weighted by molar-refractivity contribution is 5.89. The average molecular weight is 399 g/mol. The Balaban J connectivity index is 1.56. The van der Waals surface area contributed by atoms with E-state index >= 15 is 0 Å². The van der Waals surface area contributed by atoms with Gasteiger partial charge in [-0.15, -0.1) is 0 Å². The number of rotatable bonds is 4. The number of halogens is 2. The summed E-state index contributed by atoms with van der Waals surface area (Å²) in [6.45, 7) is 0.230. The molecule has 0 spiro atoms. The second-order valence-electron chi connectivity index (χ2n) is 6.75. The highest BCUT2D eigenvalue weighted by atomic mass is 19.1. The van der Waals surface area contributed by atoms with Gasteiger partial charge in [0, 0.05) is 35.3 Å². The zero-order valence-electron chi connectivity index (χ0n) is 15.7. The van der Waals surface area contributed by atoms with Crippen molar-refractivity contribution in [2.24, 2.45) is 0 Å². The molecule has 0 radical (unpaired) electrons. The molecular weight excluding hydrogens is 384 g/mol. The Bertz CT molecular complexity index is 1350. The molecule has 5 aromatic rings. The lowest BCUT2D eigenvalue weighted by molar-refractivity contribution is 0.589. The summed E-state index contributed by atoms with van der Waals surface area (Å²) >= 11 is 0. The normalized spacial score (nSPS) is 11.1. The molecule has 0 atom stereocenters. The van der Waals surface area contributed by atoms with Crippen LogP contribution in [0.4, 0.5) is 8.78 Å². The van der Waals surface area contributed by atoms with E-state index in [9.17, 15) is 8.78 Å². The molecule has 7 heteroatoms. The van der Waals surface area contributed by atoms with Crippen LogP contribution < -0.4 is 0 Å². The zero-order chi connectivity index (χ0) is 20.5. The van der Waals surface area contributed by atoms with E-state index < -0.39 is 0 Å². The Kier molecular flexibility index (Phi) is 4.48. The molecule has 2 aromatic carbocycles. The maximum Gasteiger partial charge on any atom is 0.180 e. The molecule has 0 amide bonds. The van der Waals surface area contributed by atoms with Gasteiger partial charge in [0.2, 0.25) is 0 Å². The van der Waals surface area contributed by atoms with Gasteiger partial charge in [0.05, 0.1) is 11.9 Å². The molecule has 30 heavy (non-hydrogen) atoms. The quantitative estimate of drug-likeness (QED) is 0.432. The fraction of sp³-hybridized carbons (Fsp3) is 0.0435. The third-order valence-electron chi connectivity index (χ3n) is 4.83. The number of nitrogens with zero attached hydrogens (tertiary/aromatic N) is 5. The maximum atomic E-state index is 14.1. The van der Waals surface area contributed by atoms with Crippen LogP contribution in [-0.2, 0) is 6.54 Å². The van der Waals surface area contributed by atoms with Crippen LogP contribution >= 0.6 is 0 Å². The molecule has 5 nitrogen and oxygen atoms in total. The lowest BCUT2D eigenvalue weighted by Crippen LogP contribution is -2.04. The maximum absolute atomic E-state index is 14.1. The Morgan fingerprint density at radius 1 is 0.767 bits per heavy atom. The predicted octanol–water partition coefficient (Wildman–Crippen LogP) is 4.88. The smallest absolute Gasteiger partial charge is 0.180 e. The van der Waals surface area contributed by atoms with Crippen molar-refractivity contribution in [3.05, 3.63) is 96.5 Å². The van der Waals surface area contributed by atoms with E-state index in [0.29, 0.717) is 33.9 Å². The van der Waals surface area contributed by atoms with E-state index in [1.807, 2.05) is 6.07 Å². The minimum absolute atomic E-state index is 0.230. The van der Waals surface area contributed by atoms with Crippen molar-refractivity contribution in [1.29, 1.82) is 0 Å². The summed E-state index contributed by atoms with van der Waals surface area (Å²) < 4.78 is 29.8. The molecule has 0 aliphatic carbocycles. The lowest BCUT2D eigenvalue weighted by atomic mass is 10.1. The van der Waals surface area contributed by atoms with Gasteiger partial charge in [0.15, 0.2) is 11.5 Å². The second kappa shape index (κ2) is 7.44. The molecule has 0 saturated carbocycles. The van der Waals surface area contributed by atoms with Crippen LogP contribution in [0, 0.1) is 11.6 Å². The Hall–Kier alpha value is -4.00. The third kappa shape index (κ3) is 3.20. The van der Waals surface area contributed by atoms with E-state index in [1.165, 1.54) is 12.1 Å². The summed E-state index contributed by atoms with van der Waals surface area (Å²) in [6.07, 6.45) is 4.80. The van der Waals surface area contributed by atoms with Gasteiger partial charge >= 0.3 is 0 Å². The molecule has 0 unspecified atom stereocenters. The number of benzene rings is 2. The first-order chi connectivity index (χ1) is 14.7. The van der Waals surface area contributed by atoms with Crippen molar-refractivity contribution in [1.82, 2.24) is 24.7 Å². The molecule has 0 N–H and O–H groups in total. The third-order valence-corrected chi connectivity index (χ3v) is 4.83. The first-order valence-corrected chi connectivity index (χ1v) is 9.33. The van der Waals surface area contributed by atoms with E-state index in [1.54, 1.807) is 65.7 Å². The molecule has 0 aliphatic heterocycles. The largest absolute Gasteiger partial charge is 0.242 e. The van der Waals surface area contributed by atoms with Gasteiger partial charge in [0.1, 0.15) is 17.3 Å². The predicted molar refractivity (Wildman–Crippen MR) is 109 cm³/mol. The molecule has 0 saturated heterocycles. The molecule has 5 rings (SSSR count). The number of pyridine rings is 1. The Morgan fingerprint density at radius 2 is 1.50 bits per heavy atom. The molecule has 3 aromatic heterocycles. The van der Waals surface area contributed by atoms with Crippen LogP contribution in [0.1, 0.15) is 5.56 Å². The van der Waals surface area contributed by atoms with E-state index in [0.717, 1.165) is 5.39 Å². The SMILES string of the molecule is Fc1ccccc1Cn1nc(-c2ncc(-c3ccccc3F)cn2)c2cccnc21. The molecule has 0 fully saturated rings. The number of aromatic nitrogens is 5. The van der Waals surface area contributed by atoms with Gasteiger partial charge in [-0.3, -0.25) is 0 Å². The standard InChI is InChI=1S/C23H15F2N5/c24-19-9-3-1-6-15(19)14-30-23-18(8-5-11-26-23)21(29-30)22-27-12-16(13-28-22)17-7-2-4-10-20(17)25/h1-13H,14H2. The van der Waals surface area contributed by atoms with Gasteiger partial charge in [-0.1, -0.05) is 36.4 Å². The Morgan fingerprint density at radius 3 is 2.27 bits per heavy atom. The summed E-state index contributed by atoms with van der Waals surface area (Å²) in [5.41, 5.74) is 2.66. The van der Waals surface area contributed by atoms with Crippen LogP contribution in [0.3, 0.4) is 0 Å². The molecule has 0 bridgehead atoms. The molecule has 0 aliphatic rings. The van der Waals surface area contributed by atoms with Gasteiger partial charge < -0.3 is 0 Å². The van der Waals surface area contributed by atoms with Crippen molar-refractivity contribution in [3.63, 3.8) is 0 Å². The monoisotopic (exact) mass is 399 g/mol. The van der Waals surface area contributed by atoms with Gasteiger partial charge in [-0.05, 0) is 24.3 Å². The fourth-order valence-corrected chi connectivity index (χ4v) is 3.36. The summed E-state index contributed by atoms with van der Waals surface area (Å²) in [5.74, 6) is -0.248. The van der Waals surface area contributed by atoms with Crippen molar-refractivity contribution in [2.45, 2.75) is 6.54 Å². The van der Waals surface area contributed by atoms with Crippen molar-refractivity contribution in [3.8, 4) is 22.6 Å². The van der Waals surface area contributed by atoms with Crippen LogP contribution in [0.15, 0.2) is 79.3 Å². The van der Waals surface area contributed by atoms with E-state index in [-0.39, 0.29) is 18.2 Å². The van der Waals surface area contributed by atoms with Crippen molar-refractivity contribution in [2.75, 3.05) is 0 Å². The topological polar surface area (TPSA) is 56.5 Å².